The van der Waals surface area contributed by atoms with Crippen molar-refractivity contribution in [1.29, 1.82) is 0 Å². The summed E-state index contributed by atoms with van der Waals surface area (Å²) in [5.41, 5.74) is -0.934. The summed E-state index contributed by atoms with van der Waals surface area (Å²) in [6.07, 6.45) is 1.90. The zero-order chi connectivity index (χ0) is 11.7. The predicted molar refractivity (Wildman–Crippen MR) is 63.5 cm³/mol. The molecule has 1 aliphatic rings. The SMILES string of the molecule is CSCC(C)(O)CN1CC(C)CS1(=O)=O. The molecule has 1 rings (SSSR count). The van der Waals surface area contributed by atoms with Crippen LogP contribution < -0.4 is 0 Å². The molecule has 0 aliphatic carbocycles. The van der Waals surface area contributed by atoms with Gasteiger partial charge in [0.1, 0.15) is 0 Å². The molecule has 0 aromatic heterocycles. The Hall–Kier alpha value is 0.220. The molecule has 2 atom stereocenters. The highest BCUT2D eigenvalue weighted by molar-refractivity contribution is 7.98. The number of thioether (sulfide) groups is 1. The van der Waals surface area contributed by atoms with Crippen molar-refractivity contribution in [2.45, 2.75) is 19.4 Å². The van der Waals surface area contributed by atoms with Crippen molar-refractivity contribution in [3.63, 3.8) is 0 Å². The fourth-order valence-corrected chi connectivity index (χ4v) is 4.58. The van der Waals surface area contributed by atoms with Crippen LogP contribution in [0.3, 0.4) is 0 Å². The lowest BCUT2D eigenvalue weighted by atomic mass is 10.1. The first-order chi connectivity index (χ1) is 6.77. The summed E-state index contributed by atoms with van der Waals surface area (Å²) >= 11 is 1.52. The fourth-order valence-electron chi connectivity index (χ4n) is 1.88. The van der Waals surface area contributed by atoms with Gasteiger partial charge in [0, 0.05) is 18.8 Å². The van der Waals surface area contributed by atoms with Gasteiger partial charge in [0.25, 0.3) is 0 Å². The minimum atomic E-state index is -3.12. The monoisotopic (exact) mass is 253 g/mol. The summed E-state index contributed by atoms with van der Waals surface area (Å²) < 4.78 is 24.7. The van der Waals surface area contributed by atoms with Gasteiger partial charge < -0.3 is 5.11 Å². The molecule has 0 aromatic rings. The van der Waals surface area contributed by atoms with E-state index in [9.17, 15) is 13.5 Å². The van der Waals surface area contributed by atoms with E-state index in [4.69, 9.17) is 0 Å². The highest BCUT2D eigenvalue weighted by atomic mass is 32.2. The molecule has 1 N–H and O–H groups in total. The maximum atomic E-state index is 11.7. The van der Waals surface area contributed by atoms with Crippen LogP contribution in [0.15, 0.2) is 0 Å². The van der Waals surface area contributed by atoms with Crippen LogP contribution in [0.2, 0.25) is 0 Å². The Morgan fingerprint density at radius 1 is 1.60 bits per heavy atom. The molecule has 1 aliphatic heterocycles. The van der Waals surface area contributed by atoms with Gasteiger partial charge in [-0.1, -0.05) is 6.92 Å². The van der Waals surface area contributed by atoms with Crippen molar-refractivity contribution in [1.82, 2.24) is 4.31 Å². The van der Waals surface area contributed by atoms with Crippen LogP contribution in [0.4, 0.5) is 0 Å². The highest BCUT2D eigenvalue weighted by Gasteiger charge is 2.37. The van der Waals surface area contributed by atoms with E-state index in [1.165, 1.54) is 16.1 Å². The fraction of sp³-hybridized carbons (Fsp3) is 1.00. The van der Waals surface area contributed by atoms with Gasteiger partial charge in [-0.25, -0.2) is 8.42 Å². The van der Waals surface area contributed by atoms with Crippen molar-refractivity contribution in [3.05, 3.63) is 0 Å². The van der Waals surface area contributed by atoms with Crippen LogP contribution in [0.1, 0.15) is 13.8 Å². The van der Waals surface area contributed by atoms with E-state index in [0.717, 1.165) is 0 Å². The molecular weight excluding hydrogens is 234 g/mol. The van der Waals surface area contributed by atoms with Gasteiger partial charge in [0.15, 0.2) is 0 Å². The number of hydrogen-bond acceptors (Lipinski definition) is 4. The molecule has 1 fully saturated rings. The van der Waals surface area contributed by atoms with Crippen LogP contribution in [-0.4, -0.2) is 54.3 Å². The van der Waals surface area contributed by atoms with E-state index in [1.807, 2.05) is 13.2 Å². The number of aliphatic hydroxyl groups is 1. The first-order valence-corrected chi connectivity index (χ1v) is 7.96. The van der Waals surface area contributed by atoms with Crippen molar-refractivity contribution in [2.24, 2.45) is 5.92 Å². The third kappa shape index (κ3) is 3.62. The van der Waals surface area contributed by atoms with E-state index < -0.39 is 15.6 Å². The minimum Gasteiger partial charge on any atom is -0.388 e. The Kier molecular flexibility index (Phi) is 4.08. The first kappa shape index (κ1) is 13.3. The largest absolute Gasteiger partial charge is 0.388 e. The average Bonchev–Trinajstić information content (AvgIpc) is 2.22. The summed E-state index contributed by atoms with van der Waals surface area (Å²) in [5, 5.41) is 9.97. The van der Waals surface area contributed by atoms with Gasteiger partial charge in [0.2, 0.25) is 10.0 Å². The van der Waals surface area contributed by atoms with E-state index >= 15 is 0 Å². The van der Waals surface area contributed by atoms with Crippen molar-refractivity contribution < 1.29 is 13.5 Å². The molecule has 0 radical (unpaired) electrons. The highest BCUT2D eigenvalue weighted by Crippen LogP contribution is 2.22. The summed E-state index contributed by atoms with van der Waals surface area (Å²) in [5.74, 6) is 0.926. The summed E-state index contributed by atoms with van der Waals surface area (Å²) in [7, 11) is -3.12. The van der Waals surface area contributed by atoms with E-state index in [-0.39, 0.29) is 18.2 Å². The number of sulfonamides is 1. The van der Waals surface area contributed by atoms with Crippen LogP contribution in [-0.2, 0) is 10.0 Å². The maximum absolute atomic E-state index is 11.7. The zero-order valence-electron chi connectivity index (χ0n) is 9.43. The third-order valence-corrected chi connectivity index (χ3v) is 5.34. The second-order valence-corrected chi connectivity index (χ2v) is 7.49. The molecule has 0 bridgehead atoms. The number of β-amino-alcohol motifs (C(OH)–C–C–N with tert-alkyl or cyclic N) is 1. The van der Waals surface area contributed by atoms with Crippen LogP contribution in [0.5, 0.6) is 0 Å². The van der Waals surface area contributed by atoms with E-state index in [1.54, 1.807) is 6.92 Å². The molecule has 0 saturated carbocycles. The lowest BCUT2D eigenvalue weighted by Gasteiger charge is -2.27. The molecular formula is C9H19NO3S2. The number of hydrogen-bond donors (Lipinski definition) is 1. The second-order valence-electron chi connectivity index (χ2n) is 4.61. The molecule has 2 unspecified atom stereocenters. The lowest BCUT2D eigenvalue weighted by molar-refractivity contribution is 0.0645. The van der Waals surface area contributed by atoms with E-state index in [0.29, 0.717) is 12.3 Å². The van der Waals surface area contributed by atoms with Crippen molar-refractivity contribution >= 4 is 21.8 Å². The first-order valence-electron chi connectivity index (χ1n) is 4.96. The summed E-state index contributed by atoms with van der Waals surface area (Å²) in [6, 6.07) is 0. The number of rotatable bonds is 4. The molecule has 0 aromatic carbocycles. The lowest BCUT2D eigenvalue weighted by Crippen LogP contribution is -2.43. The Bertz CT molecular complexity index is 313. The molecule has 0 spiro atoms. The smallest absolute Gasteiger partial charge is 0.214 e. The van der Waals surface area contributed by atoms with Crippen molar-refractivity contribution in [3.8, 4) is 0 Å². The van der Waals surface area contributed by atoms with Crippen molar-refractivity contribution in [2.75, 3.05) is 30.9 Å². The van der Waals surface area contributed by atoms with Crippen LogP contribution in [0.25, 0.3) is 0 Å². The maximum Gasteiger partial charge on any atom is 0.214 e. The van der Waals surface area contributed by atoms with Gasteiger partial charge >= 0.3 is 0 Å². The topological polar surface area (TPSA) is 57.6 Å². The quantitative estimate of drug-likeness (QED) is 0.787. The van der Waals surface area contributed by atoms with Gasteiger partial charge in [-0.15, -0.1) is 0 Å². The summed E-state index contributed by atoms with van der Waals surface area (Å²) in [6.45, 7) is 4.34. The van der Waals surface area contributed by atoms with Gasteiger partial charge in [-0.05, 0) is 19.1 Å². The normalized spacial score (nSPS) is 30.3. The Morgan fingerprint density at radius 2 is 2.20 bits per heavy atom. The minimum absolute atomic E-state index is 0.167. The molecule has 15 heavy (non-hydrogen) atoms. The zero-order valence-corrected chi connectivity index (χ0v) is 11.1. The van der Waals surface area contributed by atoms with Gasteiger partial charge in [0.05, 0.1) is 11.4 Å². The second kappa shape index (κ2) is 4.61. The molecule has 1 saturated heterocycles. The van der Waals surface area contributed by atoms with Crippen LogP contribution in [0, 0.1) is 5.92 Å². The molecule has 6 heteroatoms. The third-order valence-electron chi connectivity index (χ3n) is 2.38. The van der Waals surface area contributed by atoms with Crippen LogP contribution >= 0.6 is 11.8 Å². The molecule has 90 valence electrons. The predicted octanol–water partition coefficient (Wildman–Crippen LogP) is 0.382. The average molecular weight is 253 g/mol. The van der Waals surface area contributed by atoms with Gasteiger partial charge in [-0.3, -0.25) is 0 Å². The standard InChI is InChI=1S/C9H19NO3S2/c1-8-4-10(15(12,13)5-8)6-9(2,11)7-14-3/h8,11H,4-7H2,1-3H3. The Balaban J connectivity index is 2.66. The Morgan fingerprint density at radius 3 is 2.60 bits per heavy atom. The molecule has 0 amide bonds. The Labute approximate surface area is 96.1 Å². The number of nitrogens with zero attached hydrogens (tertiary/aromatic N) is 1. The molecule has 1 heterocycles. The summed E-state index contributed by atoms with van der Waals surface area (Å²) in [4.78, 5) is 0. The molecule has 4 nitrogen and oxygen atoms in total. The van der Waals surface area contributed by atoms with E-state index in [2.05, 4.69) is 0 Å². The van der Waals surface area contributed by atoms with Gasteiger partial charge in [-0.2, -0.15) is 16.1 Å².